The molecule has 0 saturated carbocycles. The van der Waals surface area contributed by atoms with Gasteiger partial charge >= 0.3 is 0 Å². The van der Waals surface area contributed by atoms with Gasteiger partial charge in [0.1, 0.15) is 4.34 Å². The molecule has 1 fully saturated rings. The molecule has 3 rings (SSSR count). The number of nitrogens with zero attached hydrogens (tertiary/aromatic N) is 3. The van der Waals surface area contributed by atoms with Crippen molar-refractivity contribution in [3.05, 3.63) is 40.3 Å². The summed E-state index contributed by atoms with van der Waals surface area (Å²) in [4.78, 5) is 8.80. The molecular formula is C13H14ClN3S. The maximum atomic E-state index is 6.18. The number of anilines is 2. The summed E-state index contributed by atoms with van der Waals surface area (Å²) in [5.41, 5.74) is 2.43. The SMILES string of the molecule is Clc1sccc1N1CCN(c2ccncc2)CC1. The highest BCUT2D eigenvalue weighted by Gasteiger charge is 2.19. The maximum absolute atomic E-state index is 6.18. The van der Waals surface area contributed by atoms with Crippen LogP contribution in [-0.2, 0) is 0 Å². The Kier molecular flexibility index (Phi) is 3.39. The molecule has 0 atom stereocenters. The average Bonchev–Trinajstić information content (AvgIpc) is 2.86. The number of halogens is 1. The van der Waals surface area contributed by atoms with Gasteiger partial charge in [0.2, 0.25) is 0 Å². The van der Waals surface area contributed by atoms with Gasteiger partial charge in [0.25, 0.3) is 0 Å². The fourth-order valence-electron chi connectivity index (χ4n) is 2.27. The van der Waals surface area contributed by atoms with Crippen LogP contribution in [0.25, 0.3) is 0 Å². The first kappa shape index (κ1) is 11.8. The van der Waals surface area contributed by atoms with Gasteiger partial charge in [-0.3, -0.25) is 4.98 Å². The Bertz CT molecular complexity index is 506. The van der Waals surface area contributed by atoms with Gasteiger partial charge in [-0.1, -0.05) is 11.6 Å². The van der Waals surface area contributed by atoms with Gasteiger partial charge in [-0.15, -0.1) is 11.3 Å². The molecule has 0 radical (unpaired) electrons. The number of pyridine rings is 1. The van der Waals surface area contributed by atoms with Crippen LogP contribution in [0.2, 0.25) is 4.34 Å². The van der Waals surface area contributed by atoms with Crippen molar-refractivity contribution >= 4 is 34.3 Å². The molecule has 0 aromatic carbocycles. The van der Waals surface area contributed by atoms with Crippen LogP contribution in [-0.4, -0.2) is 31.2 Å². The van der Waals surface area contributed by atoms with Gasteiger partial charge in [0, 0.05) is 44.3 Å². The lowest BCUT2D eigenvalue weighted by atomic mass is 10.2. The fraction of sp³-hybridized carbons (Fsp3) is 0.308. The summed E-state index contributed by atoms with van der Waals surface area (Å²) < 4.78 is 0.896. The molecule has 0 spiro atoms. The summed E-state index contributed by atoms with van der Waals surface area (Å²) in [6.45, 7) is 4.07. The van der Waals surface area contributed by atoms with Gasteiger partial charge in [0.05, 0.1) is 5.69 Å². The summed E-state index contributed by atoms with van der Waals surface area (Å²) in [5.74, 6) is 0. The molecule has 2 aromatic rings. The van der Waals surface area contributed by atoms with Crippen LogP contribution < -0.4 is 9.80 Å². The quantitative estimate of drug-likeness (QED) is 0.842. The van der Waals surface area contributed by atoms with E-state index < -0.39 is 0 Å². The Morgan fingerprint density at radius 1 is 1.00 bits per heavy atom. The molecular weight excluding hydrogens is 266 g/mol. The first-order valence-electron chi connectivity index (χ1n) is 5.97. The molecule has 18 heavy (non-hydrogen) atoms. The van der Waals surface area contributed by atoms with E-state index in [4.69, 9.17) is 11.6 Å². The molecule has 1 saturated heterocycles. The minimum absolute atomic E-state index is 0.896. The van der Waals surface area contributed by atoms with Gasteiger partial charge in [-0.05, 0) is 23.6 Å². The van der Waals surface area contributed by atoms with Crippen LogP contribution in [0.15, 0.2) is 36.0 Å². The lowest BCUT2D eigenvalue weighted by Crippen LogP contribution is -2.46. The summed E-state index contributed by atoms with van der Waals surface area (Å²) in [5, 5.41) is 2.05. The zero-order valence-corrected chi connectivity index (χ0v) is 11.5. The van der Waals surface area contributed by atoms with Crippen LogP contribution in [0.4, 0.5) is 11.4 Å². The van der Waals surface area contributed by atoms with E-state index in [0.29, 0.717) is 0 Å². The lowest BCUT2D eigenvalue weighted by molar-refractivity contribution is 0.654. The molecule has 94 valence electrons. The highest BCUT2D eigenvalue weighted by Crippen LogP contribution is 2.32. The summed E-state index contributed by atoms with van der Waals surface area (Å²) in [7, 11) is 0. The van der Waals surface area contributed by atoms with E-state index in [1.807, 2.05) is 17.8 Å². The third-order valence-corrected chi connectivity index (χ3v) is 4.40. The Morgan fingerprint density at radius 2 is 1.67 bits per heavy atom. The van der Waals surface area contributed by atoms with Crippen molar-refractivity contribution < 1.29 is 0 Å². The molecule has 1 aliphatic heterocycles. The van der Waals surface area contributed by atoms with E-state index in [-0.39, 0.29) is 0 Å². The van der Waals surface area contributed by atoms with Crippen LogP contribution in [0.1, 0.15) is 0 Å². The molecule has 2 aromatic heterocycles. The molecule has 0 bridgehead atoms. The Hall–Kier alpha value is -1.26. The zero-order chi connectivity index (χ0) is 12.4. The number of hydrogen-bond donors (Lipinski definition) is 0. The van der Waals surface area contributed by atoms with Gasteiger partial charge < -0.3 is 9.80 Å². The van der Waals surface area contributed by atoms with Crippen LogP contribution >= 0.6 is 22.9 Å². The first-order chi connectivity index (χ1) is 8.84. The van der Waals surface area contributed by atoms with E-state index in [9.17, 15) is 0 Å². The third kappa shape index (κ3) is 2.31. The molecule has 0 aliphatic carbocycles. The molecule has 3 heterocycles. The standard InChI is InChI=1S/C13H14ClN3S/c14-13-12(3-10-18-13)17-8-6-16(7-9-17)11-1-4-15-5-2-11/h1-5,10H,6-9H2. The molecule has 1 aliphatic rings. The van der Waals surface area contributed by atoms with Crippen molar-refractivity contribution in [2.24, 2.45) is 0 Å². The van der Waals surface area contributed by atoms with Crippen molar-refractivity contribution in [1.82, 2.24) is 4.98 Å². The van der Waals surface area contributed by atoms with Crippen molar-refractivity contribution in [1.29, 1.82) is 0 Å². The molecule has 3 nitrogen and oxygen atoms in total. The topological polar surface area (TPSA) is 19.4 Å². The fourth-order valence-corrected chi connectivity index (χ4v) is 3.25. The van der Waals surface area contributed by atoms with Gasteiger partial charge in [-0.25, -0.2) is 0 Å². The largest absolute Gasteiger partial charge is 0.368 e. The second-order valence-electron chi connectivity index (χ2n) is 4.26. The molecule has 0 unspecified atom stereocenters. The van der Waals surface area contributed by atoms with E-state index in [1.165, 1.54) is 11.4 Å². The van der Waals surface area contributed by atoms with Crippen molar-refractivity contribution in [3.8, 4) is 0 Å². The van der Waals surface area contributed by atoms with Crippen LogP contribution in [0, 0.1) is 0 Å². The van der Waals surface area contributed by atoms with Crippen LogP contribution in [0.3, 0.4) is 0 Å². The van der Waals surface area contributed by atoms with Crippen LogP contribution in [0.5, 0.6) is 0 Å². The number of rotatable bonds is 2. The van der Waals surface area contributed by atoms with Gasteiger partial charge in [-0.2, -0.15) is 0 Å². The normalized spacial score (nSPS) is 16.1. The third-order valence-electron chi connectivity index (χ3n) is 3.25. The number of thiophene rings is 1. The number of aromatic nitrogens is 1. The number of piperazine rings is 1. The summed E-state index contributed by atoms with van der Waals surface area (Å²) in [6, 6.07) is 6.23. The average molecular weight is 280 g/mol. The van der Waals surface area contributed by atoms with Crippen molar-refractivity contribution in [2.75, 3.05) is 36.0 Å². The molecule has 0 amide bonds. The lowest BCUT2D eigenvalue weighted by Gasteiger charge is -2.37. The summed E-state index contributed by atoms with van der Waals surface area (Å²) >= 11 is 7.78. The Labute approximate surface area is 116 Å². The minimum atomic E-state index is 0.896. The van der Waals surface area contributed by atoms with Crippen molar-refractivity contribution in [2.45, 2.75) is 0 Å². The molecule has 5 heteroatoms. The van der Waals surface area contributed by atoms with E-state index in [2.05, 4.69) is 33.0 Å². The smallest absolute Gasteiger partial charge is 0.116 e. The maximum Gasteiger partial charge on any atom is 0.116 e. The molecule has 0 N–H and O–H groups in total. The highest BCUT2D eigenvalue weighted by atomic mass is 35.5. The first-order valence-corrected chi connectivity index (χ1v) is 7.23. The van der Waals surface area contributed by atoms with E-state index >= 15 is 0 Å². The predicted octanol–water partition coefficient (Wildman–Crippen LogP) is 3.12. The van der Waals surface area contributed by atoms with E-state index in [0.717, 1.165) is 30.5 Å². The second kappa shape index (κ2) is 5.16. The second-order valence-corrected chi connectivity index (χ2v) is 5.78. The number of hydrogen-bond acceptors (Lipinski definition) is 4. The Morgan fingerprint density at radius 3 is 2.28 bits per heavy atom. The highest BCUT2D eigenvalue weighted by molar-refractivity contribution is 7.15. The predicted molar refractivity (Wildman–Crippen MR) is 78.0 cm³/mol. The monoisotopic (exact) mass is 279 g/mol. The van der Waals surface area contributed by atoms with E-state index in [1.54, 1.807) is 11.3 Å². The Balaban J connectivity index is 1.67. The van der Waals surface area contributed by atoms with Crippen molar-refractivity contribution in [3.63, 3.8) is 0 Å². The van der Waals surface area contributed by atoms with Gasteiger partial charge in [0.15, 0.2) is 0 Å². The zero-order valence-electron chi connectivity index (χ0n) is 9.92. The minimum Gasteiger partial charge on any atom is -0.368 e. The summed E-state index contributed by atoms with van der Waals surface area (Å²) in [6.07, 6.45) is 3.69.